The van der Waals surface area contributed by atoms with Crippen molar-refractivity contribution >= 4 is 5.69 Å². The maximum absolute atomic E-state index is 14.4. The van der Waals surface area contributed by atoms with E-state index >= 15 is 0 Å². The predicted molar refractivity (Wildman–Crippen MR) is 107 cm³/mol. The van der Waals surface area contributed by atoms with Crippen molar-refractivity contribution in [3.63, 3.8) is 0 Å². The zero-order valence-corrected chi connectivity index (χ0v) is 16.2. The molecule has 3 aromatic rings. The lowest BCUT2D eigenvalue weighted by atomic mass is 10.1. The number of ether oxygens (including phenoxy) is 1. The number of hydrogen-bond acceptors (Lipinski definition) is 6. The molecule has 7 heteroatoms. The Morgan fingerprint density at radius 3 is 2.45 bits per heavy atom. The van der Waals surface area contributed by atoms with Gasteiger partial charge in [-0.15, -0.1) is 0 Å². The van der Waals surface area contributed by atoms with E-state index in [-0.39, 0.29) is 11.9 Å². The molecule has 1 saturated carbocycles. The Bertz CT molecular complexity index is 998. The molecule has 148 valence electrons. The van der Waals surface area contributed by atoms with E-state index in [0.29, 0.717) is 29.2 Å². The fourth-order valence-electron chi connectivity index (χ4n) is 4.13. The fraction of sp³-hybridized carbons (Fsp3) is 0.364. The van der Waals surface area contributed by atoms with E-state index in [1.54, 1.807) is 31.6 Å². The van der Waals surface area contributed by atoms with Crippen LogP contribution in [0.3, 0.4) is 0 Å². The van der Waals surface area contributed by atoms with E-state index in [4.69, 9.17) is 4.74 Å². The highest BCUT2D eigenvalue weighted by Gasteiger charge is 2.40. The largest absolute Gasteiger partial charge is 0.380 e. The predicted octanol–water partition coefficient (Wildman–Crippen LogP) is 3.57. The molecular weight excluding hydrogens is 369 g/mol. The van der Waals surface area contributed by atoms with Crippen molar-refractivity contribution in [2.45, 2.75) is 30.8 Å². The second kappa shape index (κ2) is 7.48. The second-order valence-electron chi connectivity index (χ2n) is 7.66. The average molecular weight is 391 g/mol. The molecule has 2 fully saturated rings. The monoisotopic (exact) mass is 391 g/mol. The van der Waals surface area contributed by atoms with Crippen LogP contribution < -0.4 is 4.90 Å². The van der Waals surface area contributed by atoms with Gasteiger partial charge in [-0.2, -0.15) is 0 Å². The Balaban J connectivity index is 1.32. The van der Waals surface area contributed by atoms with Crippen LogP contribution in [0.2, 0.25) is 0 Å². The highest BCUT2D eigenvalue weighted by Crippen LogP contribution is 2.55. The van der Waals surface area contributed by atoms with Crippen LogP contribution in [0.15, 0.2) is 49.1 Å². The Morgan fingerprint density at radius 2 is 1.72 bits per heavy atom. The van der Waals surface area contributed by atoms with Crippen molar-refractivity contribution in [3.05, 3.63) is 66.0 Å². The summed E-state index contributed by atoms with van der Waals surface area (Å²) in [6.45, 7) is 1.56. The molecule has 1 aliphatic carbocycles. The Morgan fingerprint density at radius 1 is 1.00 bits per heavy atom. The molecule has 5 rings (SSSR count). The normalized spacial score (nSPS) is 23.4. The van der Waals surface area contributed by atoms with E-state index in [0.717, 1.165) is 31.5 Å². The van der Waals surface area contributed by atoms with Crippen LogP contribution in [0, 0.1) is 5.82 Å². The van der Waals surface area contributed by atoms with Crippen LogP contribution in [0.25, 0.3) is 11.6 Å². The zero-order chi connectivity index (χ0) is 19.8. The first-order chi connectivity index (χ1) is 14.2. The number of aromatic nitrogens is 4. The fourth-order valence-corrected chi connectivity index (χ4v) is 4.13. The van der Waals surface area contributed by atoms with Crippen LogP contribution in [-0.4, -0.2) is 46.2 Å². The number of hydrogen-bond donors (Lipinski definition) is 0. The Kier molecular flexibility index (Phi) is 4.67. The summed E-state index contributed by atoms with van der Waals surface area (Å²) in [7, 11) is 1.72. The molecule has 1 saturated heterocycles. The second-order valence-corrected chi connectivity index (χ2v) is 7.66. The minimum absolute atomic E-state index is 0.168. The number of methoxy groups -OCH3 is 1. The third-order valence-electron chi connectivity index (χ3n) is 5.87. The Labute approximate surface area is 168 Å². The third-order valence-corrected chi connectivity index (χ3v) is 5.87. The molecule has 29 heavy (non-hydrogen) atoms. The summed E-state index contributed by atoms with van der Waals surface area (Å²) < 4.78 is 19.9. The SMILES string of the molecule is CO[C@@H]1CCN(c2cc([C@H]3C[C@H]3c3cnc(-c4ncccn4)nc3)ccc2F)C1. The summed E-state index contributed by atoms with van der Waals surface area (Å²) in [5.74, 6) is 1.62. The first kappa shape index (κ1) is 18.1. The molecule has 1 aliphatic heterocycles. The summed E-state index contributed by atoms with van der Waals surface area (Å²) in [6, 6.07) is 7.26. The van der Waals surface area contributed by atoms with E-state index in [1.165, 1.54) is 5.56 Å². The van der Waals surface area contributed by atoms with Crippen molar-refractivity contribution in [3.8, 4) is 11.6 Å². The van der Waals surface area contributed by atoms with Crippen LogP contribution in [0.1, 0.15) is 35.8 Å². The maximum Gasteiger partial charge on any atom is 0.197 e. The van der Waals surface area contributed by atoms with E-state index in [1.807, 2.05) is 24.5 Å². The van der Waals surface area contributed by atoms with Crippen molar-refractivity contribution in [2.75, 3.05) is 25.1 Å². The topological polar surface area (TPSA) is 64.0 Å². The molecule has 2 aromatic heterocycles. The molecule has 0 unspecified atom stereocenters. The van der Waals surface area contributed by atoms with Gasteiger partial charge in [-0.25, -0.2) is 24.3 Å². The highest BCUT2D eigenvalue weighted by molar-refractivity contribution is 5.53. The van der Waals surface area contributed by atoms with Gasteiger partial charge in [0.1, 0.15) is 5.82 Å². The van der Waals surface area contributed by atoms with Gasteiger partial charge < -0.3 is 9.64 Å². The molecule has 0 N–H and O–H groups in total. The first-order valence-electron chi connectivity index (χ1n) is 9.89. The van der Waals surface area contributed by atoms with Gasteiger partial charge in [0.2, 0.25) is 0 Å². The Hall–Kier alpha value is -2.93. The minimum atomic E-state index is -0.168. The van der Waals surface area contributed by atoms with Gasteiger partial charge >= 0.3 is 0 Å². The van der Waals surface area contributed by atoms with Crippen LogP contribution in [0.4, 0.5) is 10.1 Å². The van der Waals surface area contributed by atoms with Crippen molar-refractivity contribution in [1.82, 2.24) is 19.9 Å². The van der Waals surface area contributed by atoms with E-state index in [2.05, 4.69) is 24.8 Å². The smallest absolute Gasteiger partial charge is 0.197 e. The third kappa shape index (κ3) is 3.58. The van der Waals surface area contributed by atoms with Crippen molar-refractivity contribution < 1.29 is 9.13 Å². The van der Waals surface area contributed by atoms with Gasteiger partial charge in [0, 0.05) is 45.0 Å². The van der Waals surface area contributed by atoms with Crippen LogP contribution in [0.5, 0.6) is 0 Å². The first-order valence-corrected chi connectivity index (χ1v) is 9.89. The summed E-state index contributed by atoms with van der Waals surface area (Å²) in [6.07, 6.45) is 9.21. The molecular formula is C22H22FN5O. The molecule has 0 spiro atoms. The molecule has 2 aliphatic rings. The lowest BCUT2D eigenvalue weighted by Gasteiger charge is -2.20. The lowest BCUT2D eigenvalue weighted by molar-refractivity contribution is 0.121. The summed E-state index contributed by atoms with van der Waals surface area (Å²) in [4.78, 5) is 19.3. The maximum atomic E-state index is 14.4. The standard InChI is InChI=1S/C22H22FN5O/c1-29-16-5-8-28(13-16)20-9-14(3-4-19(20)23)17-10-18(17)15-11-26-22(27-12-15)21-24-6-2-7-25-21/h2-4,6-7,9,11-12,16-18H,5,8,10,13H2,1H3/t16-,17-,18+/m1/s1. The molecule has 6 nitrogen and oxygen atoms in total. The minimum Gasteiger partial charge on any atom is -0.380 e. The quantitative estimate of drug-likeness (QED) is 0.663. The van der Waals surface area contributed by atoms with Gasteiger partial charge in [0.05, 0.1) is 11.8 Å². The van der Waals surface area contributed by atoms with Crippen LogP contribution >= 0.6 is 0 Å². The van der Waals surface area contributed by atoms with Gasteiger partial charge in [-0.05, 0) is 54.0 Å². The molecule has 3 heterocycles. The molecule has 0 radical (unpaired) electrons. The van der Waals surface area contributed by atoms with Crippen molar-refractivity contribution in [2.24, 2.45) is 0 Å². The molecule has 0 amide bonds. The lowest BCUT2D eigenvalue weighted by Crippen LogP contribution is -2.23. The van der Waals surface area contributed by atoms with E-state index < -0.39 is 0 Å². The summed E-state index contributed by atoms with van der Waals surface area (Å²) in [5, 5.41) is 0. The average Bonchev–Trinajstić information content (AvgIpc) is 3.43. The zero-order valence-electron chi connectivity index (χ0n) is 16.2. The van der Waals surface area contributed by atoms with Gasteiger partial charge in [0.25, 0.3) is 0 Å². The molecule has 1 aromatic carbocycles. The summed E-state index contributed by atoms with van der Waals surface area (Å²) >= 11 is 0. The van der Waals surface area contributed by atoms with Gasteiger partial charge in [0.15, 0.2) is 11.6 Å². The number of nitrogens with zero attached hydrogens (tertiary/aromatic N) is 5. The van der Waals surface area contributed by atoms with Crippen LogP contribution in [-0.2, 0) is 4.74 Å². The number of anilines is 1. The van der Waals surface area contributed by atoms with Gasteiger partial charge in [-0.3, -0.25) is 0 Å². The van der Waals surface area contributed by atoms with E-state index in [9.17, 15) is 4.39 Å². The highest BCUT2D eigenvalue weighted by atomic mass is 19.1. The van der Waals surface area contributed by atoms with Gasteiger partial charge in [-0.1, -0.05) is 6.07 Å². The summed E-state index contributed by atoms with van der Waals surface area (Å²) in [5.41, 5.74) is 2.95. The number of rotatable bonds is 5. The van der Waals surface area contributed by atoms with Crippen molar-refractivity contribution in [1.29, 1.82) is 0 Å². The number of benzene rings is 1. The number of halogens is 1. The molecule has 0 bridgehead atoms. The molecule has 3 atom stereocenters.